The van der Waals surface area contributed by atoms with Crippen molar-refractivity contribution in [3.8, 4) is 5.69 Å². The molecule has 0 radical (unpaired) electrons. The number of rotatable bonds is 6. The minimum Gasteiger partial charge on any atom is -0.465 e. The first kappa shape index (κ1) is 19.4. The van der Waals surface area contributed by atoms with Gasteiger partial charge in [-0.25, -0.2) is 9.48 Å². The first-order chi connectivity index (χ1) is 13.5. The minimum absolute atomic E-state index is 0.154. The highest BCUT2D eigenvalue weighted by Crippen LogP contribution is 2.17. The van der Waals surface area contributed by atoms with E-state index in [1.54, 1.807) is 24.3 Å². The van der Waals surface area contributed by atoms with Crippen molar-refractivity contribution in [1.82, 2.24) is 9.78 Å². The number of ether oxygens (including phenoxy) is 1. The predicted molar refractivity (Wildman–Crippen MR) is 108 cm³/mol. The van der Waals surface area contributed by atoms with Crippen molar-refractivity contribution in [3.63, 3.8) is 0 Å². The molecule has 0 aliphatic carbocycles. The highest BCUT2D eigenvalue weighted by atomic mass is 16.5. The third-order valence-electron chi connectivity index (χ3n) is 4.44. The van der Waals surface area contributed by atoms with E-state index in [1.165, 1.54) is 7.11 Å². The zero-order valence-corrected chi connectivity index (χ0v) is 16.2. The Labute approximate surface area is 164 Å². The molecule has 0 atom stereocenters. The number of esters is 1. The molecule has 6 nitrogen and oxygen atoms in total. The molecule has 0 aliphatic heterocycles. The second-order valence-corrected chi connectivity index (χ2v) is 6.59. The lowest BCUT2D eigenvalue weighted by Crippen LogP contribution is -2.15. The van der Waals surface area contributed by atoms with Gasteiger partial charge in [-0.15, -0.1) is 0 Å². The molecule has 0 aliphatic rings. The van der Waals surface area contributed by atoms with Gasteiger partial charge in [0.15, 0.2) is 0 Å². The van der Waals surface area contributed by atoms with Crippen molar-refractivity contribution in [2.45, 2.75) is 26.7 Å². The Morgan fingerprint density at radius 1 is 1.07 bits per heavy atom. The van der Waals surface area contributed by atoms with Crippen molar-refractivity contribution in [2.75, 3.05) is 12.4 Å². The molecule has 0 unspecified atom stereocenters. The largest absolute Gasteiger partial charge is 0.465 e. The van der Waals surface area contributed by atoms with Gasteiger partial charge in [0.25, 0.3) is 0 Å². The number of hydrogen-bond donors (Lipinski definition) is 1. The number of hydrogen-bond acceptors (Lipinski definition) is 4. The average Bonchev–Trinajstić information content (AvgIpc) is 3.04. The predicted octanol–water partition coefficient (Wildman–Crippen LogP) is 3.85. The summed E-state index contributed by atoms with van der Waals surface area (Å²) in [7, 11) is 1.32. The fraction of sp³-hybridized carbons (Fsp3) is 0.227. The maximum absolute atomic E-state index is 12.3. The van der Waals surface area contributed by atoms with Crippen molar-refractivity contribution in [3.05, 3.63) is 77.1 Å². The molecule has 1 N–H and O–H groups in total. The summed E-state index contributed by atoms with van der Waals surface area (Å²) in [4.78, 5) is 24.1. The number of nitrogens with one attached hydrogen (secondary N) is 1. The molecule has 3 aromatic rings. The van der Waals surface area contributed by atoms with Crippen LogP contribution in [0, 0.1) is 13.8 Å². The molecular formula is C22H23N3O3. The van der Waals surface area contributed by atoms with E-state index in [-0.39, 0.29) is 5.91 Å². The van der Waals surface area contributed by atoms with E-state index >= 15 is 0 Å². The molecule has 0 bridgehead atoms. The molecule has 28 heavy (non-hydrogen) atoms. The van der Waals surface area contributed by atoms with E-state index in [2.05, 4.69) is 10.4 Å². The van der Waals surface area contributed by atoms with Gasteiger partial charge in [0, 0.05) is 12.1 Å². The zero-order chi connectivity index (χ0) is 20.1. The van der Waals surface area contributed by atoms with Crippen LogP contribution >= 0.6 is 0 Å². The highest BCUT2D eigenvalue weighted by molar-refractivity contribution is 6.01. The molecule has 2 aromatic carbocycles. The first-order valence-corrected chi connectivity index (χ1v) is 9.07. The van der Waals surface area contributed by atoms with Crippen molar-refractivity contribution < 1.29 is 14.3 Å². The van der Waals surface area contributed by atoms with E-state index in [0.717, 1.165) is 22.6 Å². The number of methoxy groups -OCH3 is 1. The van der Waals surface area contributed by atoms with Crippen LogP contribution in [0.2, 0.25) is 0 Å². The zero-order valence-electron chi connectivity index (χ0n) is 16.2. The number of amides is 1. The Morgan fingerprint density at radius 2 is 1.79 bits per heavy atom. The number of anilines is 1. The van der Waals surface area contributed by atoms with Gasteiger partial charge < -0.3 is 10.1 Å². The second kappa shape index (κ2) is 8.52. The summed E-state index contributed by atoms with van der Waals surface area (Å²) in [5.41, 5.74) is 4.90. The molecule has 1 amide bonds. The summed E-state index contributed by atoms with van der Waals surface area (Å²) < 4.78 is 6.65. The number of carbonyl (C=O) groups is 2. The monoisotopic (exact) mass is 377 g/mol. The Kier molecular flexibility index (Phi) is 5.89. The van der Waals surface area contributed by atoms with Gasteiger partial charge in [-0.1, -0.05) is 24.3 Å². The van der Waals surface area contributed by atoms with E-state index in [1.807, 2.05) is 48.9 Å². The minimum atomic E-state index is -0.476. The van der Waals surface area contributed by atoms with Crippen LogP contribution in [0.25, 0.3) is 5.69 Å². The molecular weight excluding hydrogens is 354 g/mol. The van der Waals surface area contributed by atoms with E-state index in [0.29, 0.717) is 24.1 Å². The topological polar surface area (TPSA) is 73.2 Å². The molecule has 1 heterocycles. The van der Waals surface area contributed by atoms with Gasteiger partial charge in [0.05, 0.1) is 29.7 Å². The van der Waals surface area contributed by atoms with Gasteiger partial charge in [-0.3, -0.25) is 4.79 Å². The fourth-order valence-corrected chi connectivity index (χ4v) is 3.04. The van der Waals surface area contributed by atoms with Crippen LogP contribution < -0.4 is 5.32 Å². The third kappa shape index (κ3) is 4.46. The lowest BCUT2D eigenvalue weighted by molar-refractivity contribution is -0.116. The maximum atomic E-state index is 12.3. The van der Waals surface area contributed by atoms with Crippen LogP contribution in [0.4, 0.5) is 5.69 Å². The van der Waals surface area contributed by atoms with E-state index in [9.17, 15) is 9.59 Å². The average molecular weight is 377 g/mol. The molecule has 3 rings (SSSR count). The molecule has 1 aromatic heterocycles. The second-order valence-electron chi connectivity index (χ2n) is 6.59. The number of nitrogens with zero attached hydrogens (tertiary/aromatic N) is 2. The molecule has 0 spiro atoms. The Hall–Kier alpha value is -3.41. The summed E-state index contributed by atoms with van der Waals surface area (Å²) in [5.74, 6) is -0.630. The molecule has 6 heteroatoms. The fourth-order valence-electron chi connectivity index (χ4n) is 3.04. The SMILES string of the molecule is COC(=O)c1ccccc1NC(=O)CCc1ccc(-n2nc(C)cc2C)cc1. The standard InChI is InChI=1S/C22H23N3O3/c1-15-14-16(2)25(24-15)18-11-8-17(9-12-18)10-13-21(26)23-20-7-5-4-6-19(20)22(27)28-3/h4-9,11-12,14H,10,13H2,1-3H3,(H,23,26). The number of para-hydroxylation sites is 1. The first-order valence-electron chi connectivity index (χ1n) is 9.07. The molecule has 0 fully saturated rings. The normalized spacial score (nSPS) is 10.5. The third-order valence-corrected chi connectivity index (χ3v) is 4.44. The number of aryl methyl sites for hydroxylation is 3. The van der Waals surface area contributed by atoms with Crippen LogP contribution in [0.5, 0.6) is 0 Å². The van der Waals surface area contributed by atoms with E-state index in [4.69, 9.17) is 4.74 Å². The summed E-state index contributed by atoms with van der Waals surface area (Å²) in [5, 5.41) is 7.27. The Bertz CT molecular complexity index is 991. The van der Waals surface area contributed by atoms with Gasteiger partial charge >= 0.3 is 5.97 Å². The highest BCUT2D eigenvalue weighted by Gasteiger charge is 2.13. The Balaban J connectivity index is 1.61. The van der Waals surface area contributed by atoms with Gasteiger partial charge in [0.1, 0.15) is 0 Å². The number of benzene rings is 2. The maximum Gasteiger partial charge on any atom is 0.339 e. The van der Waals surface area contributed by atoms with Crippen LogP contribution in [0.15, 0.2) is 54.6 Å². The summed E-state index contributed by atoms with van der Waals surface area (Å²) in [6.07, 6.45) is 0.915. The smallest absolute Gasteiger partial charge is 0.339 e. The number of carbonyl (C=O) groups excluding carboxylic acids is 2. The van der Waals surface area contributed by atoms with Gasteiger partial charge in [-0.05, 0) is 56.2 Å². The Morgan fingerprint density at radius 3 is 2.43 bits per heavy atom. The summed E-state index contributed by atoms with van der Waals surface area (Å²) in [6.45, 7) is 3.99. The van der Waals surface area contributed by atoms with Crippen LogP contribution in [0.1, 0.15) is 33.7 Å². The van der Waals surface area contributed by atoms with E-state index < -0.39 is 5.97 Å². The quantitative estimate of drug-likeness (QED) is 0.662. The molecule has 0 saturated heterocycles. The van der Waals surface area contributed by atoms with Gasteiger partial charge in [0.2, 0.25) is 5.91 Å². The molecule has 144 valence electrons. The van der Waals surface area contributed by atoms with Crippen LogP contribution in [-0.2, 0) is 16.0 Å². The summed E-state index contributed by atoms with van der Waals surface area (Å²) in [6, 6.07) is 16.8. The van der Waals surface area contributed by atoms with Crippen molar-refractivity contribution in [2.24, 2.45) is 0 Å². The van der Waals surface area contributed by atoms with Crippen LogP contribution in [0.3, 0.4) is 0 Å². The lowest BCUT2D eigenvalue weighted by atomic mass is 10.1. The summed E-state index contributed by atoms with van der Waals surface area (Å²) >= 11 is 0. The van der Waals surface area contributed by atoms with Crippen molar-refractivity contribution >= 4 is 17.6 Å². The van der Waals surface area contributed by atoms with Crippen molar-refractivity contribution in [1.29, 1.82) is 0 Å². The van der Waals surface area contributed by atoms with Crippen LogP contribution in [-0.4, -0.2) is 28.8 Å². The van der Waals surface area contributed by atoms with Gasteiger partial charge in [-0.2, -0.15) is 5.10 Å². The lowest BCUT2D eigenvalue weighted by Gasteiger charge is -2.10. The number of aromatic nitrogens is 2. The molecule has 0 saturated carbocycles.